The maximum atomic E-state index is 12.5. The van der Waals surface area contributed by atoms with Crippen LogP contribution in [-0.2, 0) is 53.2 Å². The van der Waals surface area contributed by atoms with Gasteiger partial charge in [0.1, 0.15) is 6.54 Å². The molecule has 0 fully saturated rings. The van der Waals surface area contributed by atoms with E-state index in [4.69, 9.17) is 5.11 Å². The van der Waals surface area contributed by atoms with Crippen molar-refractivity contribution in [3.8, 4) is 0 Å². The number of nitrogens with zero attached hydrogens (tertiary/aromatic N) is 1. The maximum Gasteiger partial charge on any atom is 0.322 e. The number of unbranched alkanes of at least 4 members (excludes halogenated alkanes) is 16. The van der Waals surface area contributed by atoms with Crippen LogP contribution in [0.3, 0.4) is 0 Å². The van der Waals surface area contributed by atoms with Gasteiger partial charge in [0.25, 0.3) is 10.0 Å². The van der Waals surface area contributed by atoms with Crippen molar-refractivity contribution >= 4 is 75.0 Å². The summed E-state index contributed by atoms with van der Waals surface area (Å²) >= 11 is 0. The van der Waals surface area contributed by atoms with Gasteiger partial charge in [-0.05, 0) is 127 Å². The van der Waals surface area contributed by atoms with E-state index in [-0.39, 0.29) is 71.1 Å². The van der Waals surface area contributed by atoms with E-state index in [9.17, 15) is 56.4 Å². The molecule has 26 heteroatoms. The van der Waals surface area contributed by atoms with Crippen molar-refractivity contribution in [2.75, 3.05) is 78.3 Å². The van der Waals surface area contributed by atoms with Gasteiger partial charge in [0, 0.05) is 124 Å². The van der Waals surface area contributed by atoms with Gasteiger partial charge >= 0.3 is 12.0 Å². The highest BCUT2D eigenvalue weighted by Crippen LogP contribution is 2.14. The molecule has 0 spiro atoms. The highest BCUT2D eigenvalue weighted by atomic mass is 32.2. The second-order valence-corrected chi connectivity index (χ2v) is 23.2. The second-order valence-electron chi connectivity index (χ2n) is 21.5. The molecule has 12 N–H and O–H groups in total. The Morgan fingerprint density at radius 3 is 0.847 bits per heavy atom. The van der Waals surface area contributed by atoms with E-state index in [2.05, 4.69) is 58.1 Å². The maximum absolute atomic E-state index is 12.5. The molecule has 85 heavy (non-hydrogen) atoms. The third-order valence-corrected chi connectivity index (χ3v) is 14.8. The van der Waals surface area contributed by atoms with Crippen LogP contribution in [0.2, 0.25) is 0 Å². The fourth-order valence-corrected chi connectivity index (χ4v) is 9.33. The summed E-state index contributed by atoms with van der Waals surface area (Å²) in [5.74, 6) is -1.41. The van der Waals surface area contributed by atoms with Crippen molar-refractivity contribution in [1.82, 2.24) is 57.7 Å². The molecule has 0 radical (unpaired) electrons. The quantitative estimate of drug-likeness (QED) is 0.0300. The molecule has 0 atom stereocenters. The zero-order chi connectivity index (χ0) is 62.6. The second kappa shape index (κ2) is 50.9. The van der Waals surface area contributed by atoms with Gasteiger partial charge in [-0.2, -0.15) is 0 Å². The minimum absolute atomic E-state index is 0.00206. The van der Waals surface area contributed by atoms with Gasteiger partial charge in [0.05, 0.1) is 4.90 Å². The molecule has 0 saturated carbocycles. The number of nitrogens with one attached hydrogen (secondary N) is 11. The molecular formula is C59H104N12O13S. The summed E-state index contributed by atoms with van der Waals surface area (Å²) in [6.45, 7) is 3.94. The molecule has 0 aliphatic heterocycles. The summed E-state index contributed by atoms with van der Waals surface area (Å²) in [5, 5.41) is 34.0. The van der Waals surface area contributed by atoms with Gasteiger partial charge in [0.2, 0.25) is 47.3 Å². The van der Waals surface area contributed by atoms with E-state index in [0.29, 0.717) is 122 Å². The Kier molecular flexibility index (Phi) is 45.8. The first kappa shape index (κ1) is 76.6. The topological polar surface area (TPSA) is 361 Å². The van der Waals surface area contributed by atoms with Crippen LogP contribution in [0.1, 0.15) is 205 Å². The number of aliphatic carboxylic acids is 1. The van der Waals surface area contributed by atoms with E-state index in [0.717, 1.165) is 135 Å². The number of urea groups is 1. The van der Waals surface area contributed by atoms with Crippen molar-refractivity contribution in [1.29, 1.82) is 0 Å². The van der Waals surface area contributed by atoms with Gasteiger partial charge in [-0.15, -0.1) is 4.83 Å². The molecule has 484 valence electrons. The number of carboxylic acid groups (broad SMARTS) is 1. The van der Waals surface area contributed by atoms with E-state index in [1.807, 2.05) is 0 Å². The highest BCUT2D eigenvalue weighted by Gasteiger charge is 2.15. The minimum atomic E-state index is -3.78. The van der Waals surface area contributed by atoms with Crippen LogP contribution < -0.4 is 58.1 Å². The molecule has 0 unspecified atom stereocenters. The molecule has 1 aromatic rings. The summed E-state index contributed by atoms with van der Waals surface area (Å²) < 4.78 is 25.0. The van der Waals surface area contributed by atoms with Crippen LogP contribution in [-0.4, -0.2) is 151 Å². The smallest absolute Gasteiger partial charge is 0.322 e. The SMILES string of the molecule is CN(C)C(=O)Nc1ccc(S(=O)(=O)NNCCCCCC(=O)NCCCCCC(=O)NCCCCCC(=O)NCCCCCC(=O)NCCCCCC(=O)NCCCCCC(=O)NCCCCCC(=O)NCCCCCC(=O)NCC(=O)O)cc1. The number of benzene rings is 1. The van der Waals surface area contributed by atoms with Crippen LogP contribution >= 0.6 is 0 Å². The molecule has 0 heterocycles. The predicted octanol–water partition coefficient (Wildman–Crippen LogP) is 5.06. The van der Waals surface area contributed by atoms with Crippen LogP contribution in [0.4, 0.5) is 10.5 Å². The number of hydrazine groups is 1. The molecule has 0 aliphatic rings. The van der Waals surface area contributed by atoms with Gasteiger partial charge in [-0.3, -0.25) is 43.2 Å². The van der Waals surface area contributed by atoms with E-state index in [1.165, 1.54) is 29.2 Å². The number of carboxylic acids is 1. The van der Waals surface area contributed by atoms with E-state index >= 15 is 0 Å². The highest BCUT2D eigenvalue weighted by molar-refractivity contribution is 7.89. The first-order chi connectivity index (χ1) is 40.9. The Bertz CT molecular complexity index is 2200. The number of hydrogen-bond acceptors (Lipinski definition) is 13. The van der Waals surface area contributed by atoms with Crippen molar-refractivity contribution in [2.45, 2.75) is 210 Å². The average molecular weight is 1220 g/mol. The van der Waals surface area contributed by atoms with Gasteiger partial charge in [-0.25, -0.2) is 18.6 Å². The zero-order valence-corrected chi connectivity index (χ0v) is 51.8. The fraction of sp³-hybridized carbons (Fsp3) is 0.729. The van der Waals surface area contributed by atoms with Gasteiger partial charge < -0.3 is 57.9 Å². The summed E-state index contributed by atoms with van der Waals surface area (Å²) in [7, 11) is -0.573. The summed E-state index contributed by atoms with van der Waals surface area (Å²) in [5.41, 5.74) is 3.19. The lowest BCUT2D eigenvalue weighted by molar-refractivity contribution is -0.138. The first-order valence-electron chi connectivity index (χ1n) is 31.1. The van der Waals surface area contributed by atoms with Gasteiger partial charge in [-0.1, -0.05) is 51.4 Å². The Balaban J connectivity index is 1.84. The van der Waals surface area contributed by atoms with Crippen molar-refractivity contribution in [2.24, 2.45) is 0 Å². The molecule has 1 rings (SSSR count). The van der Waals surface area contributed by atoms with Crippen molar-refractivity contribution in [3.05, 3.63) is 24.3 Å². The zero-order valence-electron chi connectivity index (χ0n) is 51.0. The normalized spacial score (nSPS) is 11.0. The third-order valence-electron chi connectivity index (χ3n) is 13.5. The largest absolute Gasteiger partial charge is 0.480 e. The summed E-state index contributed by atoms with van der Waals surface area (Å²) in [6.07, 6.45) is 21.6. The number of amides is 10. The minimum Gasteiger partial charge on any atom is -0.480 e. The average Bonchev–Trinajstić information content (AvgIpc) is 3.61. The van der Waals surface area contributed by atoms with Gasteiger partial charge in [0.15, 0.2) is 0 Å². The third kappa shape index (κ3) is 47.5. The first-order valence-corrected chi connectivity index (χ1v) is 32.5. The Labute approximate surface area is 505 Å². The lowest BCUT2D eigenvalue weighted by Crippen LogP contribution is -2.37. The van der Waals surface area contributed by atoms with Crippen LogP contribution in [0.5, 0.6) is 0 Å². The van der Waals surface area contributed by atoms with E-state index in [1.54, 1.807) is 14.1 Å². The molecule has 0 bridgehead atoms. The molecule has 25 nitrogen and oxygen atoms in total. The Morgan fingerprint density at radius 1 is 0.353 bits per heavy atom. The molecule has 1 aromatic carbocycles. The number of anilines is 1. The van der Waals surface area contributed by atoms with Crippen molar-refractivity contribution in [3.63, 3.8) is 0 Å². The monoisotopic (exact) mass is 1220 g/mol. The van der Waals surface area contributed by atoms with Crippen LogP contribution in [0, 0.1) is 0 Å². The molecule has 0 saturated heterocycles. The Hall–Kier alpha value is -6.41. The van der Waals surface area contributed by atoms with E-state index < -0.39 is 16.0 Å². The standard InChI is InChI=1S/C59H104N12O13S/c1-71(2)59(82)69-48-35-37-49(38-36-48)85(83,84)70-68-46-26-10-18-33-56(78)66-44-24-8-16-31-54(76)64-42-22-6-14-29-52(74)62-40-20-4-12-27-50(72)60-39-19-3-11-28-51(73)61-41-21-5-13-30-53(75)63-43-23-7-15-32-55(77)65-45-25-9-17-34-57(79)67-47-58(80)81/h35-38,68,70H,3-34,39-47H2,1-2H3,(H,60,72)(H,61,73)(H,62,74)(H,63,75)(H,64,76)(H,65,77)(H,66,78)(H,67,79)(H,69,82)(H,80,81). The predicted molar refractivity (Wildman–Crippen MR) is 327 cm³/mol. The fourth-order valence-electron chi connectivity index (χ4n) is 8.42. The molecular weight excluding hydrogens is 1120 g/mol. The summed E-state index contributed by atoms with van der Waals surface area (Å²) in [6, 6.07) is 5.50. The Morgan fingerprint density at radius 2 is 0.600 bits per heavy atom. The molecule has 0 aromatic heterocycles. The lowest BCUT2D eigenvalue weighted by atomic mass is 10.1. The lowest BCUT2D eigenvalue weighted by Gasteiger charge is -2.12. The van der Waals surface area contributed by atoms with Crippen LogP contribution in [0.25, 0.3) is 0 Å². The number of hydrogen-bond donors (Lipinski definition) is 12. The summed E-state index contributed by atoms with van der Waals surface area (Å²) in [4.78, 5) is 123. The molecule has 10 amide bonds. The number of sulfonamides is 1. The number of rotatable bonds is 54. The van der Waals surface area contributed by atoms with Crippen molar-refractivity contribution < 1.29 is 61.5 Å². The number of carbonyl (C=O) groups is 10. The molecule has 0 aliphatic carbocycles. The number of carbonyl (C=O) groups excluding carboxylic acids is 9. The van der Waals surface area contributed by atoms with Crippen LogP contribution in [0.15, 0.2) is 29.2 Å².